The molecule has 2 aromatic rings. The molecule has 0 saturated carbocycles. The molecule has 23 heavy (non-hydrogen) atoms. The molecule has 2 bridgehead atoms. The van der Waals surface area contributed by atoms with E-state index in [1.165, 1.54) is 22.6 Å². The Morgan fingerprint density at radius 3 is 2.96 bits per heavy atom. The molecule has 120 valence electrons. The van der Waals surface area contributed by atoms with Crippen molar-refractivity contribution in [2.45, 2.75) is 32.4 Å². The number of pyridine rings is 1. The standard InChI is InChI=1S/C19H22N2OS/c1-2-4-15-6-7-18(22)21-11-14-9-16(19(15)21)12-20(10-14)13-17-5-3-8-23-17/h2-8,14,16H,9-13H2,1H3. The van der Waals surface area contributed by atoms with Gasteiger partial charge in [-0.25, -0.2) is 0 Å². The molecule has 4 rings (SSSR count). The fourth-order valence-electron chi connectivity index (χ4n) is 4.22. The van der Waals surface area contributed by atoms with E-state index in [9.17, 15) is 4.79 Å². The van der Waals surface area contributed by atoms with Crippen LogP contribution in [-0.4, -0.2) is 22.6 Å². The molecule has 0 radical (unpaired) electrons. The SMILES string of the molecule is CC=Cc1ccc(=O)n2c1C1CC(CN(Cc3cccs3)C1)C2. The average molecular weight is 326 g/mol. The maximum Gasteiger partial charge on any atom is 0.250 e. The van der Waals surface area contributed by atoms with Gasteiger partial charge < -0.3 is 4.57 Å². The van der Waals surface area contributed by atoms with Gasteiger partial charge in [0.1, 0.15) is 0 Å². The highest BCUT2D eigenvalue weighted by molar-refractivity contribution is 7.09. The van der Waals surface area contributed by atoms with E-state index in [0.29, 0.717) is 11.8 Å². The summed E-state index contributed by atoms with van der Waals surface area (Å²) in [6, 6.07) is 8.07. The predicted octanol–water partition coefficient (Wildman–Crippen LogP) is 3.56. The van der Waals surface area contributed by atoms with Crippen molar-refractivity contribution in [2.75, 3.05) is 13.1 Å². The Morgan fingerprint density at radius 2 is 2.17 bits per heavy atom. The van der Waals surface area contributed by atoms with Crippen molar-refractivity contribution in [1.29, 1.82) is 0 Å². The summed E-state index contributed by atoms with van der Waals surface area (Å²) in [6.45, 7) is 6.12. The highest BCUT2D eigenvalue weighted by Crippen LogP contribution is 2.37. The molecule has 0 aliphatic carbocycles. The molecule has 2 aromatic heterocycles. The molecule has 1 saturated heterocycles. The third kappa shape index (κ3) is 2.81. The third-order valence-electron chi connectivity index (χ3n) is 5.00. The van der Waals surface area contributed by atoms with Crippen LogP contribution < -0.4 is 5.56 Å². The Hall–Kier alpha value is -1.65. The van der Waals surface area contributed by atoms with E-state index in [1.807, 2.05) is 28.9 Å². The molecule has 1 fully saturated rings. The van der Waals surface area contributed by atoms with Gasteiger partial charge in [0.25, 0.3) is 5.56 Å². The number of piperidine rings is 1. The van der Waals surface area contributed by atoms with Crippen LogP contribution in [0.3, 0.4) is 0 Å². The minimum atomic E-state index is 0.162. The van der Waals surface area contributed by atoms with Gasteiger partial charge in [0, 0.05) is 48.7 Å². The van der Waals surface area contributed by atoms with Crippen LogP contribution in [0.4, 0.5) is 0 Å². The molecule has 4 heteroatoms. The van der Waals surface area contributed by atoms with E-state index in [-0.39, 0.29) is 5.56 Å². The number of aromatic nitrogens is 1. The van der Waals surface area contributed by atoms with E-state index in [4.69, 9.17) is 0 Å². The normalized spacial score (nSPS) is 24.0. The van der Waals surface area contributed by atoms with Gasteiger partial charge in [-0.15, -0.1) is 11.3 Å². The minimum Gasteiger partial charge on any atom is -0.311 e. The lowest BCUT2D eigenvalue weighted by atomic mass is 9.81. The maximum atomic E-state index is 12.3. The van der Waals surface area contributed by atoms with Gasteiger partial charge in [0.05, 0.1) is 0 Å². The van der Waals surface area contributed by atoms with Gasteiger partial charge in [-0.1, -0.05) is 18.2 Å². The Balaban J connectivity index is 1.67. The first-order chi connectivity index (χ1) is 11.2. The van der Waals surface area contributed by atoms with Crippen molar-refractivity contribution in [3.63, 3.8) is 0 Å². The summed E-state index contributed by atoms with van der Waals surface area (Å²) in [5.74, 6) is 1.07. The molecule has 0 spiro atoms. The quantitative estimate of drug-likeness (QED) is 0.862. The molecule has 4 heterocycles. The number of likely N-dealkylation sites (tertiary alicyclic amines) is 1. The summed E-state index contributed by atoms with van der Waals surface area (Å²) < 4.78 is 2.04. The van der Waals surface area contributed by atoms with Crippen LogP contribution in [0.25, 0.3) is 6.08 Å². The van der Waals surface area contributed by atoms with Crippen LogP contribution in [0, 0.1) is 5.92 Å². The number of hydrogen-bond acceptors (Lipinski definition) is 3. The van der Waals surface area contributed by atoms with Crippen molar-refractivity contribution in [3.05, 3.63) is 62.2 Å². The predicted molar refractivity (Wildman–Crippen MR) is 95.9 cm³/mol. The summed E-state index contributed by atoms with van der Waals surface area (Å²) in [6.07, 6.45) is 5.43. The van der Waals surface area contributed by atoms with E-state index in [0.717, 1.165) is 26.2 Å². The Bertz CT molecular complexity index is 775. The van der Waals surface area contributed by atoms with Gasteiger partial charge in [-0.3, -0.25) is 9.69 Å². The Kier molecular flexibility index (Phi) is 3.95. The van der Waals surface area contributed by atoms with Gasteiger partial charge in [0.2, 0.25) is 0 Å². The van der Waals surface area contributed by atoms with Gasteiger partial charge in [-0.2, -0.15) is 0 Å². The molecule has 2 atom stereocenters. The van der Waals surface area contributed by atoms with E-state index in [1.54, 1.807) is 6.07 Å². The van der Waals surface area contributed by atoms with Crippen molar-refractivity contribution < 1.29 is 0 Å². The highest BCUT2D eigenvalue weighted by atomic mass is 32.1. The van der Waals surface area contributed by atoms with Gasteiger partial charge in [0.15, 0.2) is 0 Å². The summed E-state index contributed by atoms with van der Waals surface area (Å²) in [5.41, 5.74) is 2.63. The molecule has 2 aliphatic rings. The molecule has 0 amide bonds. The molecule has 2 unspecified atom stereocenters. The largest absolute Gasteiger partial charge is 0.311 e. The summed E-state index contributed by atoms with van der Waals surface area (Å²) >= 11 is 1.84. The molecule has 3 nitrogen and oxygen atoms in total. The first kappa shape index (κ1) is 14.9. The maximum absolute atomic E-state index is 12.3. The smallest absolute Gasteiger partial charge is 0.250 e. The fourth-order valence-corrected chi connectivity index (χ4v) is 4.97. The van der Waals surface area contributed by atoms with Crippen LogP contribution >= 0.6 is 11.3 Å². The summed E-state index contributed by atoms with van der Waals surface area (Å²) in [4.78, 5) is 16.3. The second kappa shape index (κ2) is 6.10. The molecular weight excluding hydrogens is 304 g/mol. The second-order valence-corrected chi connectivity index (χ2v) is 7.73. The molecule has 0 N–H and O–H groups in total. The van der Waals surface area contributed by atoms with Crippen LogP contribution in [0.1, 0.15) is 35.4 Å². The first-order valence-corrected chi connectivity index (χ1v) is 9.23. The van der Waals surface area contributed by atoms with Crippen LogP contribution in [-0.2, 0) is 13.1 Å². The van der Waals surface area contributed by atoms with Crippen LogP contribution in [0.5, 0.6) is 0 Å². The van der Waals surface area contributed by atoms with Crippen LogP contribution in [0.15, 0.2) is 40.5 Å². The Morgan fingerprint density at radius 1 is 1.26 bits per heavy atom. The summed E-state index contributed by atoms with van der Waals surface area (Å²) in [7, 11) is 0. The Labute approximate surface area is 140 Å². The summed E-state index contributed by atoms with van der Waals surface area (Å²) in [5, 5.41) is 2.15. The van der Waals surface area contributed by atoms with E-state index >= 15 is 0 Å². The van der Waals surface area contributed by atoms with Crippen molar-refractivity contribution in [3.8, 4) is 0 Å². The second-order valence-electron chi connectivity index (χ2n) is 6.69. The molecule has 2 aliphatic heterocycles. The topological polar surface area (TPSA) is 25.2 Å². The van der Waals surface area contributed by atoms with E-state index in [2.05, 4.69) is 34.6 Å². The lowest BCUT2D eigenvalue weighted by Crippen LogP contribution is -2.47. The number of rotatable bonds is 3. The minimum absolute atomic E-state index is 0.162. The zero-order chi connectivity index (χ0) is 15.8. The first-order valence-electron chi connectivity index (χ1n) is 8.35. The lowest BCUT2D eigenvalue weighted by Gasteiger charge is -2.43. The molecular formula is C19H22N2OS. The highest BCUT2D eigenvalue weighted by Gasteiger charge is 2.35. The zero-order valence-corrected chi connectivity index (χ0v) is 14.3. The zero-order valence-electron chi connectivity index (χ0n) is 13.4. The van der Waals surface area contributed by atoms with Crippen molar-refractivity contribution in [2.24, 2.45) is 5.92 Å². The van der Waals surface area contributed by atoms with Crippen molar-refractivity contribution in [1.82, 2.24) is 9.47 Å². The van der Waals surface area contributed by atoms with Crippen LogP contribution in [0.2, 0.25) is 0 Å². The number of hydrogen-bond donors (Lipinski definition) is 0. The number of nitrogens with zero attached hydrogens (tertiary/aromatic N) is 2. The third-order valence-corrected chi connectivity index (χ3v) is 5.87. The lowest BCUT2D eigenvalue weighted by molar-refractivity contribution is 0.115. The number of thiophene rings is 1. The van der Waals surface area contributed by atoms with Gasteiger partial charge >= 0.3 is 0 Å². The number of allylic oxidation sites excluding steroid dienone is 1. The fraction of sp³-hybridized carbons (Fsp3) is 0.421. The average Bonchev–Trinajstić information content (AvgIpc) is 3.03. The number of fused-ring (bicyclic) bond motifs is 4. The van der Waals surface area contributed by atoms with Gasteiger partial charge in [-0.05, 0) is 42.3 Å². The molecule has 0 aromatic carbocycles. The van der Waals surface area contributed by atoms with Crippen molar-refractivity contribution >= 4 is 17.4 Å². The van der Waals surface area contributed by atoms with E-state index < -0.39 is 0 Å². The monoisotopic (exact) mass is 326 g/mol.